The van der Waals surface area contributed by atoms with Crippen LogP contribution < -0.4 is 5.32 Å². The largest absolute Gasteiger partial charge is 0.444 e. The van der Waals surface area contributed by atoms with Gasteiger partial charge in [0.05, 0.1) is 11.4 Å². The Hall–Kier alpha value is -1.41. The van der Waals surface area contributed by atoms with Crippen LogP contribution >= 0.6 is 10.7 Å². The number of pyridine rings is 1. The van der Waals surface area contributed by atoms with E-state index < -0.39 is 31.6 Å². The van der Waals surface area contributed by atoms with Crippen LogP contribution in [0, 0.1) is 12.7 Å². The van der Waals surface area contributed by atoms with Gasteiger partial charge in [-0.15, -0.1) is 0 Å². The first-order chi connectivity index (χ1) is 8.90. The Morgan fingerprint density at radius 1 is 1.45 bits per heavy atom. The molecule has 0 spiro atoms. The number of amides is 1. The van der Waals surface area contributed by atoms with Crippen LogP contribution in [0.2, 0.25) is 0 Å². The van der Waals surface area contributed by atoms with Gasteiger partial charge in [-0.25, -0.2) is 22.6 Å². The average Bonchev–Trinajstić information content (AvgIpc) is 2.18. The smallest absolute Gasteiger partial charge is 0.412 e. The monoisotopic (exact) mass is 324 g/mol. The molecule has 0 saturated heterocycles. The van der Waals surface area contributed by atoms with Crippen molar-refractivity contribution >= 4 is 31.5 Å². The highest BCUT2D eigenvalue weighted by Crippen LogP contribution is 2.23. The van der Waals surface area contributed by atoms with Crippen LogP contribution in [0.3, 0.4) is 0 Å². The molecule has 9 heteroatoms. The quantitative estimate of drug-likeness (QED) is 0.845. The fourth-order valence-electron chi connectivity index (χ4n) is 1.27. The number of anilines is 1. The Kier molecular flexibility index (Phi) is 4.60. The van der Waals surface area contributed by atoms with Crippen LogP contribution in [0.1, 0.15) is 26.5 Å². The highest BCUT2D eigenvalue weighted by Gasteiger charge is 2.22. The number of rotatable bonds is 2. The molecule has 0 aliphatic heterocycles. The molecule has 1 aromatic rings. The number of halogens is 2. The number of hydrogen-bond donors (Lipinski definition) is 1. The van der Waals surface area contributed by atoms with Gasteiger partial charge in [-0.2, -0.15) is 0 Å². The molecular formula is C11H14ClFN2O4S. The molecule has 0 radical (unpaired) electrons. The Balaban J connectivity index is 3.05. The number of carbonyl (C=O) groups is 1. The lowest BCUT2D eigenvalue weighted by Crippen LogP contribution is -2.27. The number of ether oxygens (including phenoxy) is 1. The van der Waals surface area contributed by atoms with Crippen molar-refractivity contribution in [3.63, 3.8) is 0 Å². The zero-order valence-electron chi connectivity index (χ0n) is 11.3. The maximum absolute atomic E-state index is 13.6. The normalized spacial score (nSPS) is 12.1. The van der Waals surface area contributed by atoms with Gasteiger partial charge in [0.1, 0.15) is 5.60 Å². The van der Waals surface area contributed by atoms with E-state index in [2.05, 4.69) is 10.3 Å². The zero-order chi connectivity index (χ0) is 15.7. The van der Waals surface area contributed by atoms with Crippen LogP contribution in [-0.2, 0) is 13.8 Å². The van der Waals surface area contributed by atoms with E-state index in [0.717, 1.165) is 6.07 Å². The van der Waals surface area contributed by atoms with E-state index in [0.29, 0.717) is 0 Å². The van der Waals surface area contributed by atoms with E-state index in [1.165, 1.54) is 6.92 Å². The minimum absolute atomic E-state index is 0.000756. The third-order valence-corrected chi connectivity index (χ3v) is 3.19. The molecule has 1 amide bonds. The SMILES string of the molecule is Cc1nc(S(=O)(=O)Cl)c(F)cc1NC(=O)OC(C)(C)C. The van der Waals surface area contributed by atoms with Crippen molar-refractivity contribution in [3.05, 3.63) is 17.6 Å². The van der Waals surface area contributed by atoms with Crippen molar-refractivity contribution in [2.24, 2.45) is 0 Å². The molecule has 1 rings (SSSR count). The molecule has 0 bridgehead atoms. The molecular weight excluding hydrogens is 311 g/mol. The second-order valence-corrected chi connectivity index (χ2v) is 7.45. The van der Waals surface area contributed by atoms with Crippen molar-refractivity contribution in [2.75, 3.05) is 5.32 Å². The van der Waals surface area contributed by atoms with E-state index in [4.69, 9.17) is 15.4 Å². The molecule has 112 valence electrons. The highest BCUT2D eigenvalue weighted by molar-refractivity contribution is 8.13. The lowest BCUT2D eigenvalue weighted by Gasteiger charge is -2.20. The average molecular weight is 325 g/mol. The molecule has 0 aliphatic carbocycles. The summed E-state index contributed by atoms with van der Waals surface area (Å²) < 4.78 is 40.7. The molecule has 0 unspecified atom stereocenters. The van der Waals surface area contributed by atoms with Crippen molar-refractivity contribution in [3.8, 4) is 0 Å². The summed E-state index contributed by atoms with van der Waals surface area (Å²) in [5.74, 6) is -1.16. The third-order valence-electron chi connectivity index (χ3n) is 2.00. The molecule has 0 aromatic carbocycles. The van der Waals surface area contributed by atoms with Gasteiger partial charge in [0.2, 0.25) is 5.03 Å². The Bertz CT molecular complexity index is 641. The van der Waals surface area contributed by atoms with Gasteiger partial charge in [-0.3, -0.25) is 5.32 Å². The minimum Gasteiger partial charge on any atom is -0.444 e. The van der Waals surface area contributed by atoms with Crippen LogP contribution in [0.15, 0.2) is 11.1 Å². The lowest BCUT2D eigenvalue weighted by atomic mass is 10.2. The second kappa shape index (κ2) is 5.53. The summed E-state index contributed by atoms with van der Waals surface area (Å²) in [6, 6.07) is 0.821. The fraction of sp³-hybridized carbons (Fsp3) is 0.455. The molecule has 0 aliphatic rings. The van der Waals surface area contributed by atoms with Crippen molar-refractivity contribution in [1.82, 2.24) is 4.98 Å². The number of aryl methyl sites for hydroxylation is 1. The number of carbonyl (C=O) groups excluding carboxylic acids is 1. The summed E-state index contributed by atoms with van der Waals surface area (Å²) >= 11 is 0. The van der Waals surface area contributed by atoms with Crippen LogP contribution in [-0.4, -0.2) is 25.1 Å². The van der Waals surface area contributed by atoms with Gasteiger partial charge in [0, 0.05) is 16.7 Å². The van der Waals surface area contributed by atoms with Gasteiger partial charge in [-0.05, 0) is 27.7 Å². The summed E-state index contributed by atoms with van der Waals surface area (Å²) in [5, 5.41) is 1.40. The third kappa shape index (κ3) is 4.61. The molecule has 20 heavy (non-hydrogen) atoms. The lowest BCUT2D eigenvalue weighted by molar-refractivity contribution is 0.0635. The number of aromatic nitrogens is 1. The Morgan fingerprint density at radius 2 is 2.00 bits per heavy atom. The van der Waals surface area contributed by atoms with Gasteiger partial charge < -0.3 is 4.74 Å². The van der Waals surface area contributed by atoms with Gasteiger partial charge in [0.25, 0.3) is 9.05 Å². The molecule has 6 nitrogen and oxygen atoms in total. The van der Waals surface area contributed by atoms with Crippen LogP contribution in [0.5, 0.6) is 0 Å². The maximum Gasteiger partial charge on any atom is 0.412 e. The molecule has 0 atom stereocenters. The second-order valence-electron chi connectivity index (χ2n) is 4.97. The van der Waals surface area contributed by atoms with Crippen LogP contribution in [0.25, 0.3) is 0 Å². The van der Waals surface area contributed by atoms with Crippen molar-refractivity contribution in [2.45, 2.75) is 38.3 Å². The van der Waals surface area contributed by atoms with Crippen LogP contribution in [0.4, 0.5) is 14.9 Å². The maximum atomic E-state index is 13.6. The fourth-order valence-corrected chi connectivity index (χ4v) is 2.13. The number of nitrogens with one attached hydrogen (secondary N) is 1. The summed E-state index contributed by atoms with van der Waals surface area (Å²) in [7, 11) is 0.751. The predicted molar refractivity (Wildman–Crippen MR) is 71.8 cm³/mol. The zero-order valence-corrected chi connectivity index (χ0v) is 12.9. The van der Waals surface area contributed by atoms with E-state index in [9.17, 15) is 17.6 Å². The van der Waals surface area contributed by atoms with Gasteiger partial charge >= 0.3 is 6.09 Å². The van der Waals surface area contributed by atoms with Crippen molar-refractivity contribution in [1.29, 1.82) is 0 Å². The number of hydrogen-bond acceptors (Lipinski definition) is 5. The molecule has 0 saturated carbocycles. The minimum atomic E-state index is -4.29. The predicted octanol–water partition coefficient (Wildman–Crippen LogP) is 2.80. The molecule has 0 fully saturated rings. The number of nitrogens with zero attached hydrogens (tertiary/aromatic N) is 1. The Labute approximate surface area is 120 Å². The summed E-state index contributed by atoms with van der Waals surface area (Å²) in [4.78, 5) is 15.1. The van der Waals surface area contributed by atoms with Crippen molar-refractivity contribution < 1.29 is 22.3 Å². The first kappa shape index (κ1) is 16.6. The van der Waals surface area contributed by atoms with E-state index in [1.54, 1.807) is 20.8 Å². The first-order valence-electron chi connectivity index (χ1n) is 5.52. The van der Waals surface area contributed by atoms with E-state index in [-0.39, 0.29) is 11.4 Å². The summed E-state index contributed by atoms with van der Waals surface area (Å²) in [5.41, 5.74) is -0.624. The first-order valence-corrected chi connectivity index (χ1v) is 7.83. The molecule has 1 aromatic heterocycles. The highest BCUT2D eigenvalue weighted by atomic mass is 35.7. The Morgan fingerprint density at radius 3 is 2.45 bits per heavy atom. The molecule has 1 heterocycles. The topological polar surface area (TPSA) is 85.4 Å². The van der Waals surface area contributed by atoms with E-state index in [1.807, 2.05) is 0 Å². The standard InChI is InChI=1S/C11H14ClFN2O4S/c1-6-8(15-10(16)19-11(2,3)4)5-7(13)9(14-6)20(12,17)18/h5H,1-4H3,(H,15,16). The van der Waals surface area contributed by atoms with Gasteiger partial charge in [-0.1, -0.05) is 0 Å². The van der Waals surface area contributed by atoms with E-state index >= 15 is 0 Å². The summed E-state index contributed by atoms with van der Waals surface area (Å²) in [6.07, 6.45) is -0.803. The summed E-state index contributed by atoms with van der Waals surface area (Å²) in [6.45, 7) is 6.40. The molecule has 1 N–H and O–H groups in total. The van der Waals surface area contributed by atoms with Gasteiger partial charge in [0.15, 0.2) is 5.82 Å².